The number of benzene rings is 2. The Morgan fingerprint density at radius 1 is 1.10 bits per heavy atom. The fourth-order valence-corrected chi connectivity index (χ4v) is 4.00. The van der Waals surface area contributed by atoms with Crippen LogP contribution in [0.2, 0.25) is 5.02 Å². The maximum atomic E-state index is 13.3. The van der Waals surface area contributed by atoms with E-state index in [4.69, 9.17) is 11.6 Å². The molecular formula is C21H16ClF3N2O2. The Morgan fingerprint density at radius 3 is 2.55 bits per heavy atom. The Balaban J connectivity index is 1.88. The summed E-state index contributed by atoms with van der Waals surface area (Å²) in [4.78, 5) is 25.8. The van der Waals surface area contributed by atoms with Crippen LogP contribution in [0.15, 0.2) is 42.5 Å². The monoisotopic (exact) mass is 420 g/mol. The van der Waals surface area contributed by atoms with Crippen molar-refractivity contribution in [2.24, 2.45) is 0 Å². The SMILES string of the molecule is Cc1cccc(C(=O)n2c3c(c4cc(Cl)ccc42)CCN(C(=O)C(F)(F)F)C3)c1. The Hall–Kier alpha value is -2.80. The molecule has 2 heterocycles. The molecule has 3 aromatic rings. The van der Waals surface area contributed by atoms with Gasteiger partial charge in [-0.2, -0.15) is 13.2 Å². The lowest BCUT2D eigenvalue weighted by Gasteiger charge is -2.28. The number of alkyl halides is 3. The summed E-state index contributed by atoms with van der Waals surface area (Å²) in [7, 11) is 0. The van der Waals surface area contributed by atoms with Gasteiger partial charge in [0.05, 0.1) is 12.1 Å². The van der Waals surface area contributed by atoms with Crippen LogP contribution in [-0.2, 0) is 17.8 Å². The third kappa shape index (κ3) is 3.40. The number of halogens is 4. The average molecular weight is 421 g/mol. The van der Waals surface area contributed by atoms with Crippen LogP contribution < -0.4 is 0 Å². The van der Waals surface area contributed by atoms with Gasteiger partial charge >= 0.3 is 12.1 Å². The maximum Gasteiger partial charge on any atom is 0.471 e. The molecular weight excluding hydrogens is 405 g/mol. The van der Waals surface area contributed by atoms with E-state index in [2.05, 4.69) is 0 Å². The topological polar surface area (TPSA) is 42.3 Å². The first kappa shape index (κ1) is 19.5. The van der Waals surface area contributed by atoms with E-state index in [0.29, 0.717) is 27.2 Å². The molecule has 1 aliphatic rings. The van der Waals surface area contributed by atoms with Gasteiger partial charge in [-0.1, -0.05) is 29.3 Å². The average Bonchev–Trinajstić information content (AvgIpc) is 2.98. The summed E-state index contributed by atoms with van der Waals surface area (Å²) in [6.45, 7) is 1.48. The van der Waals surface area contributed by atoms with Crippen molar-refractivity contribution in [2.75, 3.05) is 6.54 Å². The van der Waals surface area contributed by atoms with Crippen molar-refractivity contribution in [2.45, 2.75) is 26.1 Å². The summed E-state index contributed by atoms with van der Waals surface area (Å²) in [6, 6.07) is 12.0. The van der Waals surface area contributed by atoms with Crippen LogP contribution in [0.3, 0.4) is 0 Å². The van der Waals surface area contributed by atoms with Gasteiger partial charge in [-0.25, -0.2) is 0 Å². The number of nitrogens with zero attached hydrogens (tertiary/aromatic N) is 2. The van der Waals surface area contributed by atoms with E-state index in [1.807, 2.05) is 13.0 Å². The minimum absolute atomic E-state index is 0.0738. The van der Waals surface area contributed by atoms with Gasteiger partial charge in [0.15, 0.2) is 0 Å². The van der Waals surface area contributed by atoms with Gasteiger partial charge in [0.25, 0.3) is 5.91 Å². The molecule has 8 heteroatoms. The molecule has 0 N–H and O–H groups in total. The predicted molar refractivity (Wildman–Crippen MR) is 103 cm³/mol. The molecule has 0 fully saturated rings. The van der Waals surface area contributed by atoms with Crippen LogP contribution in [0.25, 0.3) is 10.9 Å². The van der Waals surface area contributed by atoms with Crippen molar-refractivity contribution < 1.29 is 22.8 Å². The minimum Gasteiger partial charge on any atom is -0.329 e. The molecule has 0 saturated heterocycles. The van der Waals surface area contributed by atoms with Crippen LogP contribution in [0.5, 0.6) is 0 Å². The summed E-state index contributed by atoms with van der Waals surface area (Å²) >= 11 is 6.12. The van der Waals surface area contributed by atoms with Crippen molar-refractivity contribution in [1.82, 2.24) is 9.47 Å². The normalized spacial score (nSPS) is 14.2. The van der Waals surface area contributed by atoms with E-state index in [1.165, 1.54) is 4.57 Å². The second kappa shape index (κ2) is 6.91. The zero-order valence-electron chi connectivity index (χ0n) is 15.4. The van der Waals surface area contributed by atoms with Crippen molar-refractivity contribution in [1.29, 1.82) is 0 Å². The van der Waals surface area contributed by atoms with E-state index >= 15 is 0 Å². The zero-order valence-corrected chi connectivity index (χ0v) is 16.1. The van der Waals surface area contributed by atoms with Gasteiger partial charge in [-0.3, -0.25) is 14.2 Å². The largest absolute Gasteiger partial charge is 0.471 e. The van der Waals surface area contributed by atoms with Crippen LogP contribution in [0.1, 0.15) is 27.2 Å². The lowest BCUT2D eigenvalue weighted by atomic mass is 10.0. The fourth-order valence-electron chi connectivity index (χ4n) is 3.82. The molecule has 4 rings (SSSR count). The number of aromatic nitrogens is 1. The Morgan fingerprint density at radius 2 is 1.86 bits per heavy atom. The Labute approximate surface area is 169 Å². The van der Waals surface area contributed by atoms with Crippen LogP contribution in [0, 0.1) is 6.92 Å². The number of fused-ring (bicyclic) bond motifs is 3. The molecule has 0 radical (unpaired) electrons. The molecule has 0 unspecified atom stereocenters. The summed E-state index contributed by atoms with van der Waals surface area (Å²) in [5.74, 6) is -2.26. The number of carbonyl (C=O) groups excluding carboxylic acids is 2. The highest BCUT2D eigenvalue weighted by Crippen LogP contribution is 2.34. The van der Waals surface area contributed by atoms with E-state index in [-0.39, 0.29) is 25.4 Å². The van der Waals surface area contributed by atoms with Gasteiger partial charge in [0.2, 0.25) is 0 Å². The van der Waals surface area contributed by atoms with E-state index < -0.39 is 12.1 Å². The van der Waals surface area contributed by atoms with Crippen molar-refractivity contribution in [3.63, 3.8) is 0 Å². The molecule has 0 bridgehead atoms. The zero-order chi connectivity index (χ0) is 20.9. The van der Waals surface area contributed by atoms with E-state index in [9.17, 15) is 22.8 Å². The van der Waals surface area contributed by atoms with Gasteiger partial charge in [0, 0.05) is 28.2 Å². The maximum absolute atomic E-state index is 13.3. The molecule has 0 atom stereocenters. The molecule has 0 saturated carbocycles. The molecule has 29 heavy (non-hydrogen) atoms. The van der Waals surface area contributed by atoms with E-state index in [1.54, 1.807) is 36.4 Å². The molecule has 1 aromatic heterocycles. The molecule has 0 aliphatic carbocycles. The highest BCUT2D eigenvalue weighted by atomic mass is 35.5. The van der Waals surface area contributed by atoms with Crippen molar-refractivity contribution in [3.05, 3.63) is 69.9 Å². The third-order valence-electron chi connectivity index (χ3n) is 5.11. The number of amides is 1. The summed E-state index contributed by atoms with van der Waals surface area (Å²) in [5.41, 5.74) is 3.00. The van der Waals surface area contributed by atoms with Crippen LogP contribution in [-0.4, -0.2) is 34.0 Å². The second-order valence-electron chi connectivity index (χ2n) is 7.07. The number of hydrogen-bond donors (Lipinski definition) is 0. The van der Waals surface area contributed by atoms with Gasteiger partial charge in [-0.15, -0.1) is 0 Å². The molecule has 4 nitrogen and oxygen atoms in total. The van der Waals surface area contributed by atoms with E-state index in [0.717, 1.165) is 16.0 Å². The first-order valence-corrected chi connectivity index (χ1v) is 9.34. The highest BCUT2D eigenvalue weighted by molar-refractivity contribution is 6.31. The highest BCUT2D eigenvalue weighted by Gasteiger charge is 2.44. The minimum atomic E-state index is -4.96. The second-order valence-corrected chi connectivity index (χ2v) is 7.51. The number of aryl methyl sites for hydroxylation is 1. The number of hydrogen-bond acceptors (Lipinski definition) is 2. The third-order valence-corrected chi connectivity index (χ3v) is 5.35. The van der Waals surface area contributed by atoms with Crippen LogP contribution in [0.4, 0.5) is 13.2 Å². The summed E-state index contributed by atoms with van der Waals surface area (Å²) in [5, 5.41) is 1.18. The summed E-state index contributed by atoms with van der Waals surface area (Å²) in [6.07, 6.45) is -4.75. The number of rotatable bonds is 1. The summed E-state index contributed by atoms with van der Waals surface area (Å²) < 4.78 is 40.3. The molecule has 1 amide bonds. The van der Waals surface area contributed by atoms with Crippen LogP contribution >= 0.6 is 11.6 Å². The molecule has 0 spiro atoms. The van der Waals surface area contributed by atoms with Gasteiger partial charge < -0.3 is 4.90 Å². The van der Waals surface area contributed by atoms with Crippen molar-refractivity contribution in [3.8, 4) is 0 Å². The lowest BCUT2D eigenvalue weighted by molar-refractivity contribution is -0.186. The molecule has 2 aromatic carbocycles. The number of carbonyl (C=O) groups is 2. The molecule has 150 valence electrons. The quantitative estimate of drug-likeness (QED) is 0.570. The lowest BCUT2D eigenvalue weighted by Crippen LogP contribution is -2.44. The Kier molecular flexibility index (Phi) is 4.65. The predicted octanol–water partition coefficient (Wildman–Crippen LogP) is 4.74. The first-order chi connectivity index (χ1) is 13.7. The smallest absolute Gasteiger partial charge is 0.329 e. The molecule has 1 aliphatic heterocycles. The van der Waals surface area contributed by atoms with Gasteiger partial charge in [0.1, 0.15) is 0 Å². The standard InChI is InChI=1S/C21H16ClF3N2O2/c1-12-3-2-4-13(9-12)19(28)27-17-6-5-14(22)10-16(17)15-7-8-26(11-18(15)27)20(29)21(23,24)25/h2-6,9-10H,7-8,11H2,1H3. The van der Waals surface area contributed by atoms with Crippen molar-refractivity contribution >= 4 is 34.3 Å². The van der Waals surface area contributed by atoms with Gasteiger partial charge in [-0.05, 0) is 49.2 Å². The Bertz CT molecular complexity index is 1150. The first-order valence-electron chi connectivity index (χ1n) is 8.96. The fraction of sp³-hybridized carbons (Fsp3) is 0.238.